The van der Waals surface area contributed by atoms with Crippen molar-refractivity contribution < 1.29 is 5.11 Å². The summed E-state index contributed by atoms with van der Waals surface area (Å²) in [6.45, 7) is 4.41. The van der Waals surface area contributed by atoms with Crippen molar-refractivity contribution in [2.75, 3.05) is 0 Å². The van der Waals surface area contributed by atoms with Gasteiger partial charge in [0.05, 0.1) is 12.3 Å². The quantitative estimate of drug-likeness (QED) is 0.807. The summed E-state index contributed by atoms with van der Waals surface area (Å²) in [6.07, 6.45) is 9.58. The summed E-state index contributed by atoms with van der Waals surface area (Å²) in [7, 11) is 0. The van der Waals surface area contributed by atoms with Crippen LogP contribution in [0.2, 0.25) is 0 Å². The van der Waals surface area contributed by atoms with Crippen molar-refractivity contribution in [3.05, 3.63) is 24.5 Å². The Hall–Kier alpha value is -1.13. The Morgan fingerprint density at radius 3 is 3.06 bits per heavy atom. The Kier molecular flexibility index (Phi) is 3.74. The molecule has 2 N–H and O–H groups in total. The van der Waals surface area contributed by atoms with Gasteiger partial charge in [-0.3, -0.25) is 0 Å². The lowest BCUT2D eigenvalue weighted by Gasteiger charge is -2.28. The molecule has 0 radical (unpaired) electrons. The molecule has 0 aliphatic heterocycles. The van der Waals surface area contributed by atoms with Crippen molar-refractivity contribution in [3.8, 4) is 0 Å². The van der Waals surface area contributed by atoms with Crippen LogP contribution in [0.1, 0.15) is 31.2 Å². The van der Waals surface area contributed by atoms with Crippen molar-refractivity contribution in [3.63, 3.8) is 0 Å². The molecule has 1 saturated carbocycles. The maximum Gasteiger partial charge on any atom is 0.0693 e. The number of hydrogen-bond donors (Lipinski definition) is 2. The SMILES string of the molecule is C=Cn1cc(CNC2CCCCC2O)cn1. The van der Waals surface area contributed by atoms with E-state index in [1.54, 1.807) is 10.9 Å². The predicted molar refractivity (Wildman–Crippen MR) is 63.7 cm³/mol. The molecule has 0 spiro atoms. The average molecular weight is 221 g/mol. The molecule has 4 heteroatoms. The molecular formula is C12H19N3O. The second kappa shape index (κ2) is 5.27. The number of nitrogens with zero attached hydrogens (tertiary/aromatic N) is 2. The van der Waals surface area contributed by atoms with E-state index in [-0.39, 0.29) is 12.1 Å². The number of aromatic nitrogens is 2. The molecule has 0 amide bonds. The van der Waals surface area contributed by atoms with Crippen LogP contribution in [0.3, 0.4) is 0 Å². The third-order valence-corrected chi connectivity index (χ3v) is 3.14. The van der Waals surface area contributed by atoms with E-state index in [1.165, 1.54) is 6.42 Å². The van der Waals surface area contributed by atoms with Gasteiger partial charge >= 0.3 is 0 Å². The van der Waals surface area contributed by atoms with Crippen molar-refractivity contribution >= 4 is 6.20 Å². The van der Waals surface area contributed by atoms with Crippen LogP contribution in [-0.4, -0.2) is 27.0 Å². The molecule has 1 fully saturated rings. The molecule has 1 aliphatic rings. The Labute approximate surface area is 96.0 Å². The Morgan fingerprint density at radius 2 is 2.38 bits per heavy atom. The molecule has 4 nitrogen and oxygen atoms in total. The Bertz CT molecular complexity index is 348. The summed E-state index contributed by atoms with van der Waals surface area (Å²) in [6, 6.07) is 0.237. The van der Waals surface area contributed by atoms with E-state index < -0.39 is 0 Å². The van der Waals surface area contributed by atoms with Gasteiger partial charge < -0.3 is 10.4 Å². The molecule has 1 heterocycles. The number of nitrogens with one attached hydrogen (secondary N) is 1. The third kappa shape index (κ3) is 2.71. The minimum atomic E-state index is -0.191. The normalized spacial score (nSPS) is 25.6. The molecule has 2 unspecified atom stereocenters. The van der Waals surface area contributed by atoms with Crippen LogP contribution in [0.25, 0.3) is 6.20 Å². The van der Waals surface area contributed by atoms with Crippen LogP contribution < -0.4 is 5.32 Å². The minimum absolute atomic E-state index is 0.191. The van der Waals surface area contributed by atoms with Crippen molar-refractivity contribution in [2.45, 2.75) is 44.4 Å². The molecule has 0 bridgehead atoms. The maximum absolute atomic E-state index is 9.80. The highest BCUT2D eigenvalue weighted by atomic mass is 16.3. The lowest BCUT2D eigenvalue weighted by Crippen LogP contribution is -2.41. The number of aliphatic hydroxyl groups excluding tert-OH is 1. The Balaban J connectivity index is 1.83. The molecular weight excluding hydrogens is 202 g/mol. The predicted octanol–water partition coefficient (Wildman–Crippen LogP) is 1.38. The van der Waals surface area contributed by atoms with Crippen LogP contribution >= 0.6 is 0 Å². The summed E-state index contributed by atoms with van der Waals surface area (Å²) in [5.74, 6) is 0. The van der Waals surface area contributed by atoms with Crippen LogP contribution in [0.4, 0.5) is 0 Å². The summed E-state index contributed by atoms with van der Waals surface area (Å²) in [5, 5.41) is 17.3. The first kappa shape index (κ1) is 11.4. The number of rotatable bonds is 4. The molecule has 0 saturated heterocycles. The average Bonchev–Trinajstić information content (AvgIpc) is 2.76. The van der Waals surface area contributed by atoms with E-state index in [1.807, 2.05) is 12.4 Å². The van der Waals surface area contributed by atoms with Gasteiger partial charge in [-0.25, -0.2) is 4.68 Å². The second-order valence-electron chi connectivity index (χ2n) is 4.35. The molecule has 2 rings (SSSR count). The van der Waals surface area contributed by atoms with E-state index in [0.717, 1.165) is 31.4 Å². The lowest BCUT2D eigenvalue weighted by atomic mass is 9.92. The lowest BCUT2D eigenvalue weighted by molar-refractivity contribution is 0.0902. The van der Waals surface area contributed by atoms with Gasteiger partial charge in [-0.05, 0) is 12.8 Å². The molecule has 1 aromatic heterocycles. The zero-order valence-electron chi connectivity index (χ0n) is 9.47. The van der Waals surface area contributed by atoms with E-state index in [2.05, 4.69) is 17.0 Å². The highest BCUT2D eigenvalue weighted by Crippen LogP contribution is 2.18. The third-order valence-electron chi connectivity index (χ3n) is 3.14. The molecule has 16 heavy (non-hydrogen) atoms. The van der Waals surface area contributed by atoms with Crippen molar-refractivity contribution in [1.82, 2.24) is 15.1 Å². The number of aliphatic hydroxyl groups is 1. The smallest absolute Gasteiger partial charge is 0.0693 e. The standard InChI is InChI=1S/C12H19N3O/c1-2-15-9-10(8-14-15)7-13-11-5-3-4-6-12(11)16/h2,8-9,11-13,16H,1,3-7H2. The first-order chi connectivity index (χ1) is 7.79. The Morgan fingerprint density at radius 1 is 1.56 bits per heavy atom. The zero-order valence-corrected chi connectivity index (χ0v) is 9.47. The first-order valence-electron chi connectivity index (χ1n) is 5.86. The van der Waals surface area contributed by atoms with Crippen LogP contribution in [0.5, 0.6) is 0 Å². The first-order valence-corrected chi connectivity index (χ1v) is 5.86. The van der Waals surface area contributed by atoms with Crippen LogP contribution in [0, 0.1) is 0 Å². The number of hydrogen-bond acceptors (Lipinski definition) is 3. The molecule has 88 valence electrons. The van der Waals surface area contributed by atoms with Gasteiger partial charge in [-0.1, -0.05) is 19.4 Å². The van der Waals surface area contributed by atoms with E-state index in [9.17, 15) is 5.11 Å². The van der Waals surface area contributed by atoms with Gasteiger partial charge in [-0.2, -0.15) is 5.10 Å². The largest absolute Gasteiger partial charge is 0.392 e. The van der Waals surface area contributed by atoms with Gasteiger partial charge in [-0.15, -0.1) is 0 Å². The van der Waals surface area contributed by atoms with Gasteiger partial charge in [0.1, 0.15) is 0 Å². The van der Waals surface area contributed by atoms with Crippen LogP contribution in [0.15, 0.2) is 19.0 Å². The molecule has 2 atom stereocenters. The monoisotopic (exact) mass is 221 g/mol. The summed E-state index contributed by atoms with van der Waals surface area (Å²) in [5.41, 5.74) is 1.12. The molecule has 0 aromatic carbocycles. The maximum atomic E-state index is 9.80. The minimum Gasteiger partial charge on any atom is -0.392 e. The fourth-order valence-corrected chi connectivity index (χ4v) is 2.17. The van der Waals surface area contributed by atoms with Crippen LogP contribution in [-0.2, 0) is 6.54 Å². The summed E-state index contributed by atoms with van der Waals surface area (Å²) < 4.78 is 1.69. The van der Waals surface area contributed by atoms with Gasteiger partial charge in [0.2, 0.25) is 0 Å². The highest BCUT2D eigenvalue weighted by Gasteiger charge is 2.22. The topological polar surface area (TPSA) is 50.1 Å². The van der Waals surface area contributed by atoms with Gasteiger partial charge in [0, 0.05) is 30.5 Å². The second-order valence-corrected chi connectivity index (χ2v) is 4.35. The fraction of sp³-hybridized carbons (Fsp3) is 0.583. The van der Waals surface area contributed by atoms with Gasteiger partial charge in [0.25, 0.3) is 0 Å². The summed E-state index contributed by atoms with van der Waals surface area (Å²) >= 11 is 0. The van der Waals surface area contributed by atoms with E-state index >= 15 is 0 Å². The zero-order chi connectivity index (χ0) is 11.4. The molecule has 1 aromatic rings. The molecule has 1 aliphatic carbocycles. The summed E-state index contributed by atoms with van der Waals surface area (Å²) in [4.78, 5) is 0. The van der Waals surface area contributed by atoms with Crippen molar-refractivity contribution in [1.29, 1.82) is 0 Å². The van der Waals surface area contributed by atoms with Gasteiger partial charge in [0.15, 0.2) is 0 Å². The fourth-order valence-electron chi connectivity index (χ4n) is 2.17. The van der Waals surface area contributed by atoms with Crippen molar-refractivity contribution in [2.24, 2.45) is 0 Å². The highest BCUT2D eigenvalue weighted by molar-refractivity contribution is 5.17. The van der Waals surface area contributed by atoms with E-state index in [0.29, 0.717) is 0 Å². The van der Waals surface area contributed by atoms with E-state index in [4.69, 9.17) is 0 Å².